The number of aliphatic hydroxyl groups is 1. The molecule has 0 spiro atoms. The number of methoxy groups -OCH3 is 3. The van der Waals surface area contributed by atoms with Crippen molar-refractivity contribution in [2.75, 3.05) is 21.3 Å². The maximum Gasteiger partial charge on any atom is 0.133 e. The van der Waals surface area contributed by atoms with Crippen LogP contribution >= 0.6 is 0 Å². The lowest BCUT2D eigenvalue weighted by atomic mass is 9.94. The molecule has 1 N–H and O–H groups in total. The first-order valence-corrected chi connectivity index (χ1v) is 7.41. The minimum Gasteiger partial charge on any atom is -0.497 e. The molecular formula is C18H20O5. The number of benzene rings is 2. The lowest BCUT2D eigenvalue weighted by molar-refractivity contribution is 0.0630. The van der Waals surface area contributed by atoms with Crippen LogP contribution in [0.4, 0.5) is 0 Å². The van der Waals surface area contributed by atoms with Gasteiger partial charge < -0.3 is 24.1 Å². The number of ether oxygens (including phenoxy) is 4. The summed E-state index contributed by atoms with van der Waals surface area (Å²) >= 11 is 0. The SMILES string of the molecule is COc1ccc([C@H]2C[C@H](O)c3c(OC)cc(OC)cc3O2)cc1. The largest absolute Gasteiger partial charge is 0.497 e. The highest BCUT2D eigenvalue weighted by Gasteiger charge is 2.31. The summed E-state index contributed by atoms with van der Waals surface area (Å²) in [6.07, 6.45) is -0.436. The number of aliphatic hydroxyl groups excluding tert-OH is 1. The number of hydrogen-bond donors (Lipinski definition) is 1. The third-order valence-electron chi connectivity index (χ3n) is 4.06. The van der Waals surface area contributed by atoms with Gasteiger partial charge in [-0.15, -0.1) is 0 Å². The number of rotatable bonds is 4. The van der Waals surface area contributed by atoms with Crippen molar-refractivity contribution in [3.63, 3.8) is 0 Å². The van der Waals surface area contributed by atoms with Gasteiger partial charge in [0, 0.05) is 18.6 Å². The minimum absolute atomic E-state index is 0.236. The fourth-order valence-electron chi connectivity index (χ4n) is 2.83. The number of hydrogen-bond acceptors (Lipinski definition) is 5. The van der Waals surface area contributed by atoms with Gasteiger partial charge in [-0.2, -0.15) is 0 Å². The third-order valence-corrected chi connectivity index (χ3v) is 4.06. The maximum absolute atomic E-state index is 10.5. The van der Waals surface area contributed by atoms with Crippen LogP contribution in [0.1, 0.15) is 29.8 Å². The van der Waals surface area contributed by atoms with Crippen molar-refractivity contribution in [2.45, 2.75) is 18.6 Å². The molecule has 0 unspecified atom stereocenters. The minimum atomic E-state index is -0.660. The molecule has 5 heteroatoms. The van der Waals surface area contributed by atoms with E-state index in [1.165, 1.54) is 0 Å². The van der Waals surface area contributed by atoms with Gasteiger partial charge in [-0.25, -0.2) is 0 Å². The second kappa shape index (κ2) is 6.38. The Hall–Kier alpha value is -2.40. The standard InChI is InChI=1S/C18H20O5/c1-20-12-6-4-11(5-7-12)15-10-14(19)18-16(22-3)8-13(21-2)9-17(18)23-15/h4-9,14-15,19H,10H2,1-3H3/t14-,15+/m0/s1. The van der Waals surface area contributed by atoms with Crippen molar-refractivity contribution in [2.24, 2.45) is 0 Å². The van der Waals surface area contributed by atoms with Crippen molar-refractivity contribution in [3.8, 4) is 23.0 Å². The molecule has 2 aromatic rings. The highest BCUT2D eigenvalue weighted by molar-refractivity contribution is 5.53. The van der Waals surface area contributed by atoms with E-state index in [-0.39, 0.29) is 6.10 Å². The smallest absolute Gasteiger partial charge is 0.133 e. The van der Waals surface area contributed by atoms with Crippen LogP contribution in [0.2, 0.25) is 0 Å². The summed E-state index contributed by atoms with van der Waals surface area (Å²) in [6, 6.07) is 11.2. The fraction of sp³-hybridized carbons (Fsp3) is 0.333. The van der Waals surface area contributed by atoms with Crippen molar-refractivity contribution in [1.29, 1.82) is 0 Å². The van der Waals surface area contributed by atoms with Gasteiger partial charge >= 0.3 is 0 Å². The summed E-state index contributed by atoms with van der Waals surface area (Å²) in [5.74, 6) is 2.57. The van der Waals surface area contributed by atoms with Crippen molar-refractivity contribution in [1.82, 2.24) is 0 Å². The predicted molar refractivity (Wildman–Crippen MR) is 85.5 cm³/mol. The van der Waals surface area contributed by atoms with E-state index in [1.54, 1.807) is 33.5 Å². The molecule has 1 aliphatic rings. The van der Waals surface area contributed by atoms with E-state index in [1.807, 2.05) is 24.3 Å². The quantitative estimate of drug-likeness (QED) is 0.938. The van der Waals surface area contributed by atoms with Gasteiger partial charge in [-0.05, 0) is 17.7 Å². The zero-order chi connectivity index (χ0) is 16.4. The summed E-state index contributed by atoms with van der Waals surface area (Å²) in [5.41, 5.74) is 1.65. The topological polar surface area (TPSA) is 57.2 Å². The highest BCUT2D eigenvalue weighted by Crippen LogP contribution is 2.47. The van der Waals surface area contributed by atoms with Gasteiger partial charge in [-0.1, -0.05) is 12.1 Å². The van der Waals surface area contributed by atoms with Crippen LogP contribution in [0.25, 0.3) is 0 Å². The Bertz CT molecular complexity index is 681. The summed E-state index contributed by atoms with van der Waals surface area (Å²) in [7, 11) is 4.78. The van der Waals surface area contributed by atoms with Crippen LogP contribution in [-0.2, 0) is 0 Å². The first-order valence-electron chi connectivity index (χ1n) is 7.41. The van der Waals surface area contributed by atoms with Gasteiger partial charge in [-0.3, -0.25) is 0 Å². The maximum atomic E-state index is 10.5. The molecule has 0 saturated heterocycles. The summed E-state index contributed by atoms with van der Waals surface area (Å²) < 4.78 is 21.9. The first-order chi connectivity index (χ1) is 11.2. The fourth-order valence-corrected chi connectivity index (χ4v) is 2.83. The average molecular weight is 316 g/mol. The molecular weight excluding hydrogens is 296 g/mol. The molecule has 0 bridgehead atoms. The third kappa shape index (κ3) is 2.92. The first kappa shape index (κ1) is 15.5. The molecule has 0 aromatic heterocycles. The Morgan fingerprint density at radius 1 is 0.957 bits per heavy atom. The van der Waals surface area contributed by atoms with E-state index < -0.39 is 6.10 Å². The van der Waals surface area contributed by atoms with Gasteiger partial charge in [0.1, 0.15) is 29.1 Å². The second-order valence-electron chi connectivity index (χ2n) is 5.37. The molecule has 0 saturated carbocycles. The summed E-state index contributed by atoms with van der Waals surface area (Å²) in [4.78, 5) is 0. The average Bonchev–Trinajstić information content (AvgIpc) is 2.60. The molecule has 3 rings (SSSR count). The number of fused-ring (bicyclic) bond motifs is 1. The molecule has 1 heterocycles. The van der Waals surface area contributed by atoms with Crippen LogP contribution in [0, 0.1) is 0 Å². The van der Waals surface area contributed by atoms with Gasteiger partial charge in [0.05, 0.1) is 33.0 Å². The second-order valence-corrected chi connectivity index (χ2v) is 5.37. The lowest BCUT2D eigenvalue weighted by Crippen LogP contribution is -2.19. The van der Waals surface area contributed by atoms with Crippen LogP contribution < -0.4 is 18.9 Å². The zero-order valence-corrected chi connectivity index (χ0v) is 13.4. The Kier molecular flexibility index (Phi) is 4.30. The molecule has 1 aliphatic heterocycles. The molecule has 122 valence electrons. The van der Waals surface area contributed by atoms with Crippen molar-refractivity contribution < 1.29 is 24.1 Å². The summed E-state index contributed by atoms with van der Waals surface area (Å²) in [5, 5.41) is 10.5. The van der Waals surface area contributed by atoms with E-state index in [0.29, 0.717) is 29.2 Å². The van der Waals surface area contributed by atoms with Crippen LogP contribution in [0.15, 0.2) is 36.4 Å². The normalized spacial score (nSPS) is 19.5. The highest BCUT2D eigenvalue weighted by atomic mass is 16.5. The Labute approximate surface area is 135 Å². The van der Waals surface area contributed by atoms with E-state index >= 15 is 0 Å². The Morgan fingerprint density at radius 3 is 2.26 bits per heavy atom. The monoisotopic (exact) mass is 316 g/mol. The Morgan fingerprint density at radius 2 is 1.65 bits per heavy atom. The molecule has 2 aromatic carbocycles. The molecule has 0 amide bonds. The van der Waals surface area contributed by atoms with Gasteiger partial charge in [0.15, 0.2) is 0 Å². The Balaban J connectivity index is 1.95. The van der Waals surface area contributed by atoms with Gasteiger partial charge in [0.25, 0.3) is 0 Å². The van der Waals surface area contributed by atoms with E-state index in [4.69, 9.17) is 18.9 Å². The van der Waals surface area contributed by atoms with Crippen LogP contribution in [-0.4, -0.2) is 26.4 Å². The molecule has 0 fully saturated rings. The van der Waals surface area contributed by atoms with E-state index in [0.717, 1.165) is 11.3 Å². The van der Waals surface area contributed by atoms with Crippen LogP contribution in [0.3, 0.4) is 0 Å². The van der Waals surface area contributed by atoms with E-state index in [9.17, 15) is 5.11 Å². The van der Waals surface area contributed by atoms with E-state index in [2.05, 4.69) is 0 Å². The molecule has 0 radical (unpaired) electrons. The predicted octanol–water partition coefficient (Wildman–Crippen LogP) is 3.27. The summed E-state index contributed by atoms with van der Waals surface area (Å²) in [6.45, 7) is 0. The van der Waals surface area contributed by atoms with Crippen molar-refractivity contribution >= 4 is 0 Å². The van der Waals surface area contributed by atoms with Gasteiger partial charge in [0.2, 0.25) is 0 Å². The molecule has 5 nitrogen and oxygen atoms in total. The lowest BCUT2D eigenvalue weighted by Gasteiger charge is -2.31. The zero-order valence-electron chi connectivity index (χ0n) is 13.4. The van der Waals surface area contributed by atoms with Crippen LogP contribution in [0.5, 0.6) is 23.0 Å². The molecule has 23 heavy (non-hydrogen) atoms. The molecule has 0 aliphatic carbocycles. The molecule has 2 atom stereocenters. The van der Waals surface area contributed by atoms with Crippen molar-refractivity contribution in [3.05, 3.63) is 47.5 Å².